The fourth-order valence-corrected chi connectivity index (χ4v) is 1.94. The van der Waals surface area contributed by atoms with E-state index in [-0.39, 0.29) is 23.5 Å². The molecule has 0 aliphatic carbocycles. The number of aromatic nitrogens is 1. The monoisotopic (exact) mass is 287 g/mol. The largest absolute Gasteiger partial charge is 0.478 e. The van der Waals surface area contributed by atoms with Crippen molar-refractivity contribution in [2.75, 3.05) is 5.32 Å². The summed E-state index contributed by atoms with van der Waals surface area (Å²) >= 11 is 0. The Morgan fingerprint density at radius 3 is 2.81 bits per heavy atom. The zero-order valence-corrected chi connectivity index (χ0v) is 11.2. The predicted molar refractivity (Wildman–Crippen MR) is 76.4 cm³/mol. The van der Waals surface area contributed by atoms with Gasteiger partial charge in [-0.2, -0.15) is 0 Å². The number of anilines is 1. The Morgan fingerprint density at radius 1 is 1.43 bits per heavy atom. The summed E-state index contributed by atoms with van der Waals surface area (Å²) in [6, 6.07) is 5.73. The second kappa shape index (κ2) is 6.00. The highest BCUT2D eigenvalue weighted by Crippen LogP contribution is 2.29. The van der Waals surface area contributed by atoms with E-state index in [1.54, 1.807) is 18.5 Å². The van der Waals surface area contributed by atoms with Crippen molar-refractivity contribution in [3.63, 3.8) is 0 Å². The molecule has 108 valence electrons. The third-order valence-electron chi connectivity index (χ3n) is 3.06. The molecule has 7 heteroatoms. The molecule has 0 aliphatic rings. The van der Waals surface area contributed by atoms with Crippen LogP contribution in [0.1, 0.15) is 21.5 Å². The summed E-state index contributed by atoms with van der Waals surface area (Å²) in [5.41, 5.74) is 1.42. The Bertz CT molecular complexity index is 668. The molecule has 1 heterocycles. The van der Waals surface area contributed by atoms with E-state index >= 15 is 0 Å². The number of rotatable bonds is 5. The molecule has 0 saturated heterocycles. The van der Waals surface area contributed by atoms with Gasteiger partial charge in [-0.15, -0.1) is 0 Å². The van der Waals surface area contributed by atoms with Crippen molar-refractivity contribution in [1.82, 2.24) is 4.98 Å². The van der Waals surface area contributed by atoms with Crippen molar-refractivity contribution in [1.29, 1.82) is 0 Å². The first-order valence-corrected chi connectivity index (χ1v) is 6.14. The van der Waals surface area contributed by atoms with E-state index in [2.05, 4.69) is 10.3 Å². The molecule has 0 atom stereocenters. The first-order chi connectivity index (χ1) is 10.0. The number of hydrogen-bond donors (Lipinski definition) is 2. The molecule has 1 aromatic heterocycles. The maximum atomic E-state index is 11.2. The first-order valence-electron chi connectivity index (χ1n) is 6.14. The van der Waals surface area contributed by atoms with Gasteiger partial charge in [0, 0.05) is 25.0 Å². The highest BCUT2D eigenvalue weighted by atomic mass is 16.6. The van der Waals surface area contributed by atoms with Crippen LogP contribution in [0.5, 0.6) is 0 Å². The maximum absolute atomic E-state index is 11.2. The smallest absolute Gasteiger partial charge is 0.338 e. The number of benzene rings is 1. The van der Waals surface area contributed by atoms with Gasteiger partial charge in [-0.25, -0.2) is 4.79 Å². The number of nitrogens with one attached hydrogen (secondary N) is 1. The third kappa shape index (κ3) is 3.14. The van der Waals surface area contributed by atoms with Gasteiger partial charge < -0.3 is 10.4 Å². The SMILES string of the molecule is Cc1cnccc1CNc1c(C(=O)O)cccc1[N+](=O)[O-]. The maximum Gasteiger partial charge on any atom is 0.338 e. The van der Waals surface area contributed by atoms with Crippen LogP contribution in [0.4, 0.5) is 11.4 Å². The van der Waals surface area contributed by atoms with Crippen LogP contribution in [-0.2, 0) is 6.54 Å². The van der Waals surface area contributed by atoms with Gasteiger partial charge in [0.1, 0.15) is 5.69 Å². The molecule has 21 heavy (non-hydrogen) atoms. The van der Waals surface area contributed by atoms with E-state index in [0.29, 0.717) is 0 Å². The fraction of sp³-hybridized carbons (Fsp3) is 0.143. The van der Waals surface area contributed by atoms with Gasteiger partial charge in [-0.3, -0.25) is 15.1 Å². The lowest BCUT2D eigenvalue weighted by atomic mass is 10.1. The van der Waals surface area contributed by atoms with Crippen LogP contribution in [0.15, 0.2) is 36.7 Å². The van der Waals surface area contributed by atoms with Gasteiger partial charge in [0.05, 0.1) is 10.5 Å². The van der Waals surface area contributed by atoms with Crippen LogP contribution in [-0.4, -0.2) is 21.0 Å². The van der Waals surface area contributed by atoms with E-state index in [4.69, 9.17) is 5.11 Å². The highest BCUT2D eigenvalue weighted by molar-refractivity contribution is 5.96. The van der Waals surface area contributed by atoms with Crippen molar-refractivity contribution in [2.24, 2.45) is 0 Å². The second-order valence-electron chi connectivity index (χ2n) is 4.42. The standard InChI is InChI=1S/C14H13N3O4/c1-9-7-15-6-5-10(9)8-16-13-11(14(18)19)3-2-4-12(13)17(20)21/h2-7,16H,8H2,1H3,(H,18,19). The number of para-hydroxylation sites is 1. The van der Waals surface area contributed by atoms with E-state index in [0.717, 1.165) is 11.1 Å². The number of nitrogens with zero attached hydrogens (tertiary/aromatic N) is 2. The van der Waals surface area contributed by atoms with Crippen LogP contribution in [0.25, 0.3) is 0 Å². The Kier molecular flexibility index (Phi) is 4.13. The number of hydrogen-bond acceptors (Lipinski definition) is 5. The summed E-state index contributed by atoms with van der Waals surface area (Å²) in [4.78, 5) is 25.6. The average molecular weight is 287 g/mol. The molecular formula is C14H13N3O4. The summed E-state index contributed by atoms with van der Waals surface area (Å²) in [6.07, 6.45) is 3.29. The normalized spacial score (nSPS) is 10.1. The number of carboxylic acids is 1. The number of carboxylic acid groups (broad SMARTS) is 1. The minimum Gasteiger partial charge on any atom is -0.478 e. The van der Waals surface area contributed by atoms with Crippen LogP contribution < -0.4 is 5.32 Å². The average Bonchev–Trinajstić information content (AvgIpc) is 2.45. The first kappa shape index (κ1) is 14.4. The molecule has 0 radical (unpaired) electrons. The Balaban J connectivity index is 2.36. The summed E-state index contributed by atoms with van der Waals surface area (Å²) in [5.74, 6) is -1.22. The zero-order valence-electron chi connectivity index (χ0n) is 11.2. The van der Waals surface area contributed by atoms with Crippen LogP contribution >= 0.6 is 0 Å². The molecule has 2 rings (SSSR count). The molecule has 1 aromatic carbocycles. The third-order valence-corrected chi connectivity index (χ3v) is 3.06. The second-order valence-corrected chi connectivity index (χ2v) is 4.42. The Hall–Kier alpha value is -2.96. The zero-order chi connectivity index (χ0) is 15.4. The van der Waals surface area contributed by atoms with Crippen LogP contribution in [0.3, 0.4) is 0 Å². The van der Waals surface area contributed by atoms with Gasteiger partial charge in [0.25, 0.3) is 5.69 Å². The van der Waals surface area contributed by atoms with Crippen LogP contribution in [0, 0.1) is 17.0 Å². The summed E-state index contributed by atoms with van der Waals surface area (Å²) < 4.78 is 0. The minimum atomic E-state index is -1.22. The molecule has 2 N–H and O–H groups in total. The van der Waals surface area contributed by atoms with Gasteiger partial charge >= 0.3 is 5.97 Å². The van der Waals surface area contributed by atoms with E-state index in [1.807, 2.05) is 6.92 Å². The minimum absolute atomic E-state index is 0.00575. The molecule has 0 saturated carbocycles. The molecular weight excluding hydrogens is 274 g/mol. The molecule has 2 aromatic rings. The van der Waals surface area contributed by atoms with Gasteiger partial charge in [-0.1, -0.05) is 6.07 Å². The van der Waals surface area contributed by atoms with Crippen LogP contribution in [0.2, 0.25) is 0 Å². The lowest BCUT2D eigenvalue weighted by Gasteiger charge is -2.11. The number of aromatic carboxylic acids is 1. The Morgan fingerprint density at radius 2 is 2.19 bits per heavy atom. The summed E-state index contributed by atoms with van der Waals surface area (Å²) in [6.45, 7) is 2.14. The molecule has 0 aliphatic heterocycles. The van der Waals surface area contributed by atoms with Gasteiger partial charge in [0.15, 0.2) is 0 Å². The highest BCUT2D eigenvalue weighted by Gasteiger charge is 2.21. The van der Waals surface area contributed by atoms with E-state index in [1.165, 1.54) is 18.2 Å². The molecule has 0 fully saturated rings. The fourth-order valence-electron chi connectivity index (χ4n) is 1.94. The molecule has 0 bridgehead atoms. The van der Waals surface area contributed by atoms with Crippen molar-refractivity contribution < 1.29 is 14.8 Å². The molecule has 0 spiro atoms. The lowest BCUT2D eigenvalue weighted by Crippen LogP contribution is -2.09. The molecule has 0 unspecified atom stereocenters. The predicted octanol–water partition coefficient (Wildman–Crippen LogP) is 2.61. The molecule has 0 amide bonds. The number of carbonyl (C=O) groups is 1. The molecule has 7 nitrogen and oxygen atoms in total. The lowest BCUT2D eigenvalue weighted by molar-refractivity contribution is -0.384. The number of aryl methyl sites for hydroxylation is 1. The van der Waals surface area contributed by atoms with E-state index < -0.39 is 10.9 Å². The number of pyridine rings is 1. The summed E-state index contributed by atoms with van der Waals surface area (Å²) in [7, 11) is 0. The van der Waals surface area contributed by atoms with Crippen molar-refractivity contribution >= 4 is 17.3 Å². The number of nitro benzene ring substituents is 1. The van der Waals surface area contributed by atoms with Crippen molar-refractivity contribution in [3.8, 4) is 0 Å². The van der Waals surface area contributed by atoms with Crippen molar-refractivity contribution in [2.45, 2.75) is 13.5 Å². The summed E-state index contributed by atoms with van der Waals surface area (Å²) in [5, 5.41) is 23.0. The number of nitro groups is 1. The van der Waals surface area contributed by atoms with Crippen molar-refractivity contribution in [3.05, 3.63) is 63.5 Å². The Labute approximate surface area is 120 Å². The van der Waals surface area contributed by atoms with Gasteiger partial charge in [0.2, 0.25) is 0 Å². The van der Waals surface area contributed by atoms with Gasteiger partial charge in [-0.05, 0) is 30.2 Å². The van der Waals surface area contributed by atoms with E-state index in [9.17, 15) is 14.9 Å². The topological polar surface area (TPSA) is 105 Å². The quantitative estimate of drug-likeness (QED) is 0.646.